The van der Waals surface area contributed by atoms with Gasteiger partial charge in [-0.05, 0) is 6.42 Å². The predicted molar refractivity (Wildman–Crippen MR) is 65.3 cm³/mol. The van der Waals surface area contributed by atoms with Crippen LogP contribution >= 0.6 is 0 Å². The van der Waals surface area contributed by atoms with Crippen LogP contribution in [0.1, 0.15) is 19.8 Å². The highest BCUT2D eigenvalue weighted by Crippen LogP contribution is 2.12. The first-order valence-corrected chi connectivity index (χ1v) is 5.83. The molecule has 7 nitrogen and oxygen atoms in total. The van der Waals surface area contributed by atoms with Gasteiger partial charge in [0.05, 0.1) is 5.92 Å². The van der Waals surface area contributed by atoms with E-state index >= 15 is 0 Å². The lowest BCUT2D eigenvalue weighted by molar-refractivity contribution is -0.141. The zero-order chi connectivity index (χ0) is 13.0. The highest BCUT2D eigenvalue weighted by Gasteiger charge is 2.16. The van der Waals surface area contributed by atoms with Crippen molar-refractivity contribution in [2.45, 2.75) is 19.8 Å². The normalized spacial score (nSPS) is 12.5. The van der Waals surface area contributed by atoms with Gasteiger partial charge in [-0.15, -0.1) is 10.2 Å². The fourth-order valence-corrected chi connectivity index (χ4v) is 1.76. The third-order valence-electron chi connectivity index (χ3n) is 2.72. The van der Waals surface area contributed by atoms with Crippen molar-refractivity contribution in [1.82, 2.24) is 19.6 Å². The smallest absolute Gasteiger partial charge is 0.308 e. The van der Waals surface area contributed by atoms with Crippen LogP contribution in [0.15, 0.2) is 18.7 Å². The summed E-state index contributed by atoms with van der Waals surface area (Å²) in [5.41, 5.74) is 0.595. The van der Waals surface area contributed by atoms with Crippen LogP contribution in [0.2, 0.25) is 0 Å². The van der Waals surface area contributed by atoms with E-state index in [1.54, 1.807) is 23.1 Å². The largest absolute Gasteiger partial charge is 0.481 e. The predicted octanol–water partition coefficient (Wildman–Crippen LogP) is 1.04. The molecule has 0 aliphatic heterocycles. The molecule has 0 saturated heterocycles. The number of hydrogen-bond acceptors (Lipinski definition) is 5. The zero-order valence-electron chi connectivity index (χ0n) is 10.1. The number of rotatable bonds is 6. The average molecular weight is 249 g/mol. The summed E-state index contributed by atoms with van der Waals surface area (Å²) in [7, 11) is 0. The molecule has 2 aromatic rings. The SMILES string of the molecule is CCCC(CNc1nccn2cnnc12)C(=O)O. The molecule has 0 fully saturated rings. The fourth-order valence-electron chi connectivity index (χ4n) is 1.76. The first-order chi connectivity index (χ1) is 8.72. The van der Waals surface area contributed by atoms with Gasteiger partial charge in [-0.3, -0.25) is 9.20 Å². The molecule has 0 saturated carbocycles. The summed E-state index contributed by atoms with van der Waals surface area (Å²) in [6, 6.07) is 0. The van der Waals surface area contributed by atoms with Crippen molar-refractivity contribution in [3.05, 3.63) is 18.7 Å². The molecule has 7 heteroatoms. The number of carboxylic acids is 1. The molecule has 18 heavy (non-hydrogen) atoms. The number of anilines is 1. The number of aliphatic carboxylic acids is 1. The average Bonchev–Trinajstić information content (AvgIpc) is 2.82. The van der Waals surface area contributed by atoms with E-state index < -0.39 is 11.9 Å². The van der Waals surface area contributed by atoms with E-state index in [-0.39, 0.29) is 0 Å². The van der Waals surface area contributed by atoms with Gasteiger partial charge in [-0.1, -0.05) is 13.3 Å². The quantitative estimate of drug-likeness (QED) is 0.794. The maximum Gasteiger partial charge on any atom is 0.308 e. The van der Waals surface area contributed by atoms with E-state index in [9.17, 15) is 4.79 Å². The van der Waals surface area contributed by atoms with E-state index in [1.807, 2.05) is 6.92 Å². The molecule has 2 heterocycles. The van der Waals surface area contributed by atoms with Crippen molar-refractivity contribution in [1.29, 1.82) is 0 Å². The van der Waals surface area contributed by atoms with E-state index in [0.29, 0.717) is 24.4 Å². The first kappa shape index (κ1) is 12.3. The van der Waals surface area contributed by atoms with Crippen LogP contribution in [-0.2, 0) is 4.79 Å². The topological polar surface area (TPSA) is 92.4 Å². The fraction of sp³-hybridized carbons (Fsp3) is 0.455. The molecule has 0 radical (unpaired) electrons. The number of nitrogens with zero attached hydrogens (tertiary/aromatic N) is 4. The van der Waals surface area contributed by atoms with Gasteiger partial charge in [-0.25, -0.2) is 4.98 Å². The summed E-state index contributed by atoms with van der Waals surface area (Å²) in [6.45, 7) is 2.30. The lowest BCUT2D eigenvalue weighted by Crippen LogP contribution is -2.23. The minimum absolute atomic E-state index is 0.336. The minimum atomic E-state index is -0.794. The molecular formula is C11H15N5O2. The molecule has 2 aromatic heterocycles. The Bertz CT molecular complexity index is 539. The Morgan fingerprint density at radius 1 is 1.61 bits per heavy atom. The highest BCUT2D eigenvalue weighted by molar-refractivity contribution is 5.71. The second-order valence-corrected chi connectivity index (χ2v) is 4.04. The molecule has 0 aliphatic carbocycles. The standard InChI is InChI=1S/C11H15N5O2/c1-2-3-8(11(17)18)6-13-9-10-15-14-7-16(10)5-4-12-9/h4-5,7-8H,2-3,6H2,1H3,(H,12,13)(H,17,18). The van der Waals surface area contributed by atoms with E-state index in [0.717, 1.165) is 6.42 Å². The summed E-state index contributed by atoms with van der Waals surface area (Å²) in [6.07, 6.45) is 6.40. The van der Waals surface area contributed by atoms with Gasteiger partial charge in [0.25, 0.3) is 0 Å². The van der Waals surface area contributed by atoms with Crippen LogP contribution in [0.5, 0.6) is 0 Å². The van der Waals surface area contributed by atoms with Gasteiger partial charge in [0.1, 0.15) is 6.33 Å². The summed E-state index contributed by atoms with van der Waals surface area (Å²) in [5.74, 6) is -0.657. The van der Waals surface area contributed by atoms with Gasteiger partial charge >= 0.3 is 5.97 Å². The summed E-state index contributed by atoms with van der Waals surface area (Å²) in [4.78, 5) is 15.2. The molecule has 1 atom stereocenters. The Labute approximate surface area is 104 Å². The Kier molecular flexibility index (Phi) is 3.71. The number of carbonyl (C=O) groups is 1. The highest BCUT2D eigenvalue weighted by atomic mass is 16.4. The molecule has 0 aromatic carbocycles. The molecular weight excluding hydrogens is 234 g/mol. The third-order valence-corrected chi connectivity index (χ3v) is 2.72. The van der Waals surface area contributed by atoms with Crippen molar-refractivity contribution < 1.29 is 9.90 Å². The van der Waals surface area contributed by atoms with Gasteiger partial charge in [0.2, 0.25) is 5.65 Å². The first-order valence-electron chi connectivity index (χ1n) is 5.83. The lowest BCUT2D eigenvalue weighted by Gasteiger charge is -2.12. The lowest BCUT2D eigenvalue weighted by atomic mass is 10.0. The minimum Gasteiger partial charge on any atom is -0.481 e. The van der Waals surface area contributed by atoms with Gasteiger partial charge in [0, 0.05) is 18.9 Å². The summed E-state index contributed by atoms with van der Waals surface area (Å²) >= 11 is 0. The molecule has 0 aliphatic rings. The van der Waals surface area contributed by atoms with Crippen molar-refractivity contribution in [3.63, 3.8) is 0 Å². The Hall–Kier alpha value is -2.18. The molecule has 1 unspecified atom stereocenters. The number of nitrogens with one attached hydrogen (secondary N) is 1. The van der Waals surface area contributed by atoms with Crippen LogP contribution in [0.25, 0.3) is 5.65 Å². The molecule has 2 rings (SSSR count). The number of aromatic nitrogens is 4. The Balaban J connectivity index is 2.09. The third kappa shape index (κ3) is 2.55. The van der Waals surface area contributed by atoms with Crippen LogP contribution in [0.3, 0.4) is 0 Å². The zero-order valence-corrected chi connectivity index (χ0v) is 10.1. The van der Waals surface area contributed by atoms with Gasteiger partial charge in [-0.2, -0.15) is 0 Å². The van der Waals surface area contributed by atoms with Crippen LogP contribution < -0.4 is 5.32 Å². The molecule has 2 N–H and O–H groups in total. The molecule has 0 bridgehead atoms. The van der Waals surface area contributed by atoms with Gasteiger partial charge < -0.3 is 10.4 Å². The maximum absolute atomic E-state index is 11.0. The number of hydrogen-bond donors (Lipinski definition) is 2. The van der Waals surface area contributed by atoms with E-state index in [1.165, 1.54) is 0 Å². The van der Waals surface area contributed by atoms with Crippen LogP contribution in [0.4, 0.5) is 5.82 Å². The molecule has 0 spiro atoms. The number of fused-ring (bicyclic) bond motifs is 1. The molecule has 0 amide bonds. The second-order valence-electron chi connectivity index (χ2n) is 4.04. The Morgan fingerprint density at radius 3 is 3.17 bits per heavy atom. The number of carboxylic acid groups (broad SMARTS) is 1. The van der Waals surface area contributed by atoms with Crippen molar-refractivity contribution in [3.8, 4) is 0 Å². The summed E-state index contributed by atoms with van der Waals surface area (Å²) < 4.78 is 1.73. The summed E-state index contributed by atoms with van der Waals surface area (Å²) in [5, 5.41) is 19.8. The second kappa shape index (κ2) is 5.44. The van der Waals surface area contributed by atoms with Crippen molar-refractivity contribution in [2.24, 2.45) is 5.92 Å². The van der Waals surface area contributed by atoms with Crippen molar-refractivity contribution >= 4 is 17.4 Å². The van der Waals surface area contributed by atoms with E-state index in [4.69, 9.17) is 5.11 Å². The Morgan fingerprint density at radius 2 is 2.44 bits per heavy atom. The van der Waals surface area contributed by atoms with Crippen molar-refractivity contribution in [2.75, 3.05) is 11.9 Å². The van der Waals surface area contributed by atoms with Crippen LogP contribution in [-0.4, -0.2) is 37.2 Å². The molecule has 96 valence electrons. The van der Waals surface area contributed by atoms with E-state index in [2.05, 4.69) is 20.5 Å². The van der Waals surface area contributed by atoms with Crippen LogP contribution in [0, 0.1) is 5.92 Å². The monoisotopic (exact) mass is 249 g/mol. The maximum atomic E-state index is 11.0. The van der Waals surface area contributed by atoms with Gasteiger partial charge in [0.15, 0.2) is 5.82 Å².